The van der Waals surface area contributed by atoms with Crippen molar-refractivity contribution in [2.75, 3.05) is 5.32 Å². The lowest BCUT2D eigenvalue weighted by Gasteiger charge is -2.04. The molecule has 4 aromatic rings. The normalized spacial score (nSPS) is 10.8. The zero-order chi connectivity index (χ0) is 20.1. The maximum atomic E-state index is 12.5. The van der Waals surface area contributed by atoms with Gasteiger partial charge in [0.2, 0.25) is 0 Å². The predicted octanol–water partition coefficient (Wildman–Crippen LogP) is 4.64. The van der Waals surface area contributed by atoms with Crippen LogP contribution in [0.5, 0.6) is 0 Å². The molecular weight excluding hydrogens is 402 g/mol. The topological polar surface area (TPSA) is 72.7 Å². The van der Waals surface area contributed by atoms with Crippen molar-refractivity contribution in [1.29, 1.82) is 0 Å². The number of thiazole rings is 1. The van der Waals surface area contributed by atoms with E-state index in [1.54, 1.807) is 40.0 Å². The van der Waals surface area contributed by atoms with Crippen LogP contribution in [0.15, 0.2) is 71.2 Å². The lowest BCUT2D eigenvalue weighted by Crippen LogP contribution is -2.12. The lowest BCUT2D eigenvalue weighted by molar-refractivity contribution is 0.102. The first-order valence-corrected chi connectivity index (χ1v) is 10.9. The summed E-state index contributed by atoms with van der Waals surface area (Å²) in [4.78, 5) is 22.3. The molecule has 8 heteroatoms. The Morgan fingerprint density at radius 1 is 1.14 bits per heavy atom. The molecule has 0 unspecified atom stereocenters. The molecule has 0 atom stereocenters. The molecule has 146 valence electrons. The molecule has 0 saturated carbocycles. The second-order valence-electron chi connectivity index (χ2n) is 6.34. The highest BCUT2D eigenvalue weighted by Gasteiger charge is 2.09. The Labute approximate surface area is 177 Å². The van der Waals surface area contributed by atoms with Gasteiger partial charge in [0.15, 0.2) is 5.82 Å². The van der Waals surface area contributed by atoms with Gasteiger partial charge in [0.25, 0.3) is 5.91 Å². The van der Waals surface area contributed by atoms with Crippen molar-refractivity contribution in [3.63, 3.8) is 0 Å². The number of carbonyl (C=O) groups is 1. The maximum Gasteiger partial charge on any atom is 0.256 e. The third-order valence-electron chi connectivity index (χ3n) is 4.10. The summed E-state index contributed by atoms with van der Waals surface area (Å²) in [6.07, 6.45) is 3.58. The molecular formula is C21H19N5OS2. The summed E-state index contributed by atoms with van der Waals surface area (Å²) >= 11 is 3.37. The molecule has 1 N–H and O–H groups in total. The van der Waals surface area contributed by atoms with Gasteiger partial charge in [-0.1, -0.05) is 6.07 Å². The van der Waals surface area contributed by atoms with Gasteiger partial charge in [-0.15, -0.1) is 23.1 Å². The van der Waals surface area contributed by atoms with Crippen LogP contribution in [0.2, 0.25) is 0 Å². The number of carbonyl (C=O) groups excluding carboxylic acids is 1. The van der Waals surface area contributed by atoms with E-state index < -0.39 is 0 Å². The van der Waals surface area contributed by atoms with E-state index in [1.807, 2.05) is 55.6 Å². The van der Waals surface area contributed by atoms with Crippen LogP contribution in [0, 0.1) is 6.92 Å². The van der Waals surface area contributed by atoms with Crippen molar-refractivity contribution in [2.45, 2.75) is 24.1 Å². The van der Waals surface area contributed by atoms with Gasteiger partial charge in [-0.3, -0.25) is 14.5 Å². The Bertz CT molecular complexity index is 1090. The van der Waals surface area contributed by atoms with E-state index in [9.17, 15) is 4.79 Å². The molecule has 3 heterocycles. The van der Waals surface area contributed by atoms with E-state index in [0.29, 0.717) is 17.9 Å². The quantitative estimate of drug-likeness (QED) is 0.440. The number of benzene rings is 1. The van der Waals surface area contributed by atoms with Crippen LogP contribution in [-0.2, 0) is 12.3 Å². The monoisotopic (exact) mass is 421 g/mol. The minimum absolute atomic E-state index is 0.181. The molecule has 0 saturated heterocycles. The number of anilines is 1. The molecule has 0 aliphatic carbocycles. The first-order chi connectivity index (χ1) is 14.2. The van der Waals surface area contributed by atoms with E-state index in [1.165, 1.54) is 0 Å². The highest BCUT2D eigenvalue weighted by atomic mass is 32.2. The third kappa shape index (κ3) is 5.30. The zero-order valence-corrected chi connectivity index (χ0v) is 17.4. The SMILES string of the molecule is Cc1nc(CSc2ccc(C(=O)Nc3ccn(Cc4ccccn4)n3)cc2)cs1. The number of rotatable bonds is 7. The van der Waals surface area contributed by atoms with Gasteiger partial charge in [0.1, 0.15) is 0 Å². The predicted molar refractivity (Wildman–Crippen MR) is 116 cm³/mol. The average Bonchev–Trinajstić information content (AvgIpc) is 3.36. The largest absolute Gasteiger partial charge is 0.305 e. The summed E-state index contributed by atoms with van der Waals surface area (Å²) in [5.41, 5.74) is 2.59. The number of thioether (sulfide) groups is 1. The van der Waals surface area contributed by atoms with E-state index in [0.717, 1.165) is 27.0 Å². The number of hydrogen-bond donors (Lipinski definition) is 1. The van der Waals surface area contributed by atoms with Crippen LogP contribution < -0.4 is 5.32 Å². The van der Waals surface area contributed by atoms with Crippen LogP contribution in [0.1, 0.15) is 26.8 Å². The number of nitrogens with one attached hydrogen (secondary N) is 1. The second kappa shape index (κ2) is 9.02. The molecule has 0 aliphatic heterocycles. The van der Waals surface area contributed by atoms with Gasteiger partial charge in [0.05, 0.1) is 22.9 Å². The van der Waals surface area contributed by atoms with Crippen LogP contribution in [-0.4, -0.2) is 25.7 Å². The van der Waals surface area contributed by atoms with Gasteiger partial charge in [-0.25, -0.2) is 4.98 Å². The van der Waals surface area contributed by atoms with Gasteiger partial charge in [-0.05, 0) is 43.3 Å². The fourth-order valence-electron chi connectivity index (χ4n) is 2.70. The highest BCUT2D eigenvalue weighted by molar-refractivity contribution is 7.98. The Kier molecular flexibility index (Phi) is 6.02. The molecule has 0 aliphatic rings. The Morgan fingerprint density at radius 3 is 2.72 bits per heavy atom. The van der Waals surface area contributed by atoms with Gasteiger partial charge < -0.3 is 5.32 Å². The molecule has 0 fully saturated rings. The molecule has 6 nitrogen and oxygen atoms in total. The molecule has 29 heavy (non-hydrogen) atoms. The first-order valence-electron chi connectivity index (χ1n) is 9.04. The van der Waals surface area contributed by atoms with Crippen molar-refractivity contribution < 1.29 is 4.79 Å². The van der Waals surface area contributed by atoms with E-state index >= 15 is 0 Å². The Balaban J connectivity index is 1.32. The summed E-state index contributed by atoms with van der Waals surface area (Å²) in [5, 5.41) is 10.4. The molecule has 1 aromatic carbocycles. The van der Waals surface area contributed by atoms with E-state index in [-0.39, 0.29) is 5.91 Å². The molecule has 0 radical (unpaired) electrons. The number of amides is 1. The van der Waals surface area contributed by atoms with Crippen molar-refractivity contribution in [1.82, 2.24) is 19.7 Å². The Hall–Kier alpha value is -2.97. The maximum absolute atomic E-state index is 12.5. The van der Waals surface area contributed by atoms with Crippen molar-refractivity contribution in [2.24, 2.45) is 0 Å². The summed E-state index contributed by atoms with van der Waals surface area (Å²) in [6.45, 7) is 2.56. The smallest absolute Gasteiger partial charge is 0.256 e. The van der Waals surface area contributed by atoms with Crippen molar-refractivity contribution in [3.05, 3.63) is 88.3 Å². The summed E-state index contributed by atoms with van der Waals surface area (Å²) in [5.74, 6) is 1.16. The fourth-order valence-corrected chi connectivity index (χ4v) is 4.21. The number of nitrogens with zero attached hydrogens (tertiary/aromatic N) is 4. The molecule has 1 amide bonds. The third-order valence-corrected chi connectivity index (χ3v) is 5.97. The fraction of sp³-hybridized carbons (Fsp3) is 0.143. The number of pyridine rings is 1. The number of aromatic nitrogens is 4. The summed E-state index contributed by atoms with van der Waals surface area (Å²) < 4.78 is 1.75. The number of aryl methyl sites for hydroxylation is 1. The van der Waals surface area contributed by atoms with Crippen LogP contribution in [0.3, 0.4) is 0 Å². The summed E-state index contributed by atoms with van der Waals surface area (Å²) in [7, 11) is 0. The molecule has 4 rings (SSSR count). The van der Waals surface area contributed by atoms with Crippen LogP contribution in [0.25, 0.3) is 0 Å². The lowest BCUT2D eigenvalue weighted by atomic mass is 10.2. The average molecular weight is 422 g/mol. The van der Waals surface area contributed by atoms with Gasteiger partial charge in [0, 0.05) is 40.1 Å². The molecule has 0 bridgehead atoms. The van der Waals surface area contributed by atoms with E-state index in [2.05, 4.69) is 25.8 Å². The van der Waals surface area contributed by atoms with Crippen LogP contribution in [0.4, 0.5) is 5.82 Å². The van der Waals surface area contributed by atoms with Gasteiger partial charge >= 0.3 is 0 Å². The van der Waals surface area contributed by atoms with Gasteiger partial charge in [-0.2, -0.15) is 5.10 Å². The van der Waals surface area contributed by atoms with Crippen molar-refractivity contribution >= 4 is 34.8 Å². The molecule has 3 aromatic heterocycles. The Morgan fingerprint density at radius 2 is 2.00 bits per heavy atom. The minimum atomic E-state index is -0.181. The van der Waals surface area contributed by atoms with E-state index in [4.69, 9.17) is 0 Å². The zero-order valence-electron chi connectivity index (χ0n) is 15.8. The van der Waals surface area contributed by atoms with Crippen molar-refractivity contribution in [3.8, 4) is 0 Å². The standard InChI is InChI=1S/C21H19N5OS2/c1-15-23-18(13-28-15)14-29-19-7-5-16(6-8-19)21(27)24-20-9-11-26(25-20)12-17-4-2-3-10-22-17/h2-11,13H,12,14H2,1H3,(H,24,25,27). The first kappa shape index (κ1) is 19.4. The number of hydrogen-bond acceptors (Lipinski definition) is 6. The molecule has 0 spiro atoms. The highest BCUT2D eigenvalue weighted by Crippen LogP contribution is 2.24. The van der Waals surface area contributed by atoms with Crippen LogP contribution >= 0.6 is 23.1 Å². The second-order valence-corrected chi connectivity index (χ2v) is 8.46. The summed E-state index contributed by atoms with van der Waals surface area (Å²) in [6, 6.07) is 15.1. The minimum Gasteiger partial charge on any atom is -0.305 e.